The van der Waals surface area contributed by atoms with Crippen LogP contribution in [0.3, 0.4) is 0 Å². The van der Waals surface area contributed by atoms with E-state index in [9.17, 15) is 18.8 Å². The third kappa shape index (κ3) is 4.78. The SMILES string of the molecule is N#CCCn1c(-c2ccc(F)c3sc(N)nc23)c(F)c2nc(OC[C@@]34CCCN3C[C@H](F)C4)nc(N3CCn4cncc4C3)c2c1=O. The zero-order chi connectivity index (χ0) is 32.4. The summed E-state index contributed by atoms with van der Waals surface area (Å²) >= 11 is 0.909. The lowest BCUT2D eigenvalue weighted by Crippen LogP contribution is -2.43. The Bertz CT molecular complexity index is 2160. The largest absolute Gasteiger partial charge is 0.461 e. The number of thiazole rings is 1. The highest BCUT2D eigenvalue weighted by Crippen LogP contribution is 2.41. The van der Waals surface area contributed by atoms with Crippen LogP contribution < -0.4 is 20.9 Å². The van der Waals surface area contributed by atoms with E-state index in [1.807, 2.05) is 15.5 Å². The molecule has 3 aliphatic rings. The molecule has 2 fully saturated rings. The molecule has 0 unspecified atom stereocenters. The van der Waals surface area contributed by atoms with Crippen molar-refractivity contribution in [2.45, 2.75) is 57.0 Å². The van der Waals surface area contributed by atoms with Gasteiger partial charge in [-0.05, 0) is 31.5 Å². The van der Waals surface area contributed by atoms with Crippen LogP contribution in [-0.2, 0) is 19.6 Å². The summed E-state index contributed by atoms with van der Waals surface area (Å²) in [5.74, 6) is -1.29. The first kappa shape index (κ1) is 29.6. The van der Waals surface area contributed by atoms with Crippen molar-refractivity contribution in [2.24, 2.45) is 0 Å². The zero-order valence-corrected chi connectivity index (χ0v) is 25.9. The number of nitrogen functional groups attached to an aromatic ring is 1. The Morgan fingerprint density at radius 3 is 2.89 bits per heavy atom. The first-order valence-corrected chi connectivity index (χ1v) is 16.2. The average molecular weight is 663 g/mol. The Morgan fingerprint density at radius 1 is 1.17 bits per heavy atom. The van der Waals surface area contributed by atoms with E-state index in [2.05, 4.69) is 19.9 Å². The number of alkyl halides is 1. The minimum atomic E-state index is -0.968. The van der Waals surface area contributed by atoms with Crippen LogP contribution in [0, 0.1) is 23.0 Å². The van der Waals surface area contributed by atoms with Gasteiger partial charge in [-0.1, -0.05) is 11.3 Å². The van der Waals surface area contributed by atoms with Crippen LogP contribution in [0.15, 0.2) is 29.5 Å². The minimum Gasteiger partial charge on any atom is -0.461 e. The number of fused-ring (bicyclic) bond motifs is 4. The average Bonchev–Trinajstić information content (AvgIpc) is 3.84. The smallest absolute Gasteiger partial charge is 0.319 e. The van der Waals surface area contributed by atoms with Gasteiger partial charge in [-0.25, -0.2) is 23.1 Å². The molecule has 7 heterocycles. The molecule has 0 saturated carbocycles. The highest BCUT2D eigenvalue weighted by Gasteiger charge is 2.49. The van der Waals surface area contributed by atoms with Gasteiger partial charge in [0, 0.05) is 44.4 Å². The summed E-state index contributed by atoms with van der Waals surface area (Å²) < 4.78 is 55.9. The molecule has 0 amide bonds. The molecule has 12 nitrogen and oxygen atoms in total. The molecule has 5 aromatic rings. The number of benzene rings is 1. The Kier molecular flexibility index (Phi) is 7.06. The molecular formula is C31H29F3N10O2S. The number of nitrogens with two attached hydrogens (primary N) is 1. The Labute approximate surface area is 269 Å². The molecule has 2 atom stereocenters. The predicted octanol–water partition coefficient (Wildman–Crippen LogP) is 4.01. The number of anilines is 2. The van der Waals surface area contributed by atoms with Crippen LogP contribution in [0.5, 0.6) is 6.01 Å². The molecule has 8 rings (SSSR count). The third-order valence-electron chi connectivity index (χ3n) is 9.52. The van der Waals surface area contributed by atoms with Crippen LogP contribution in [0.25, 0.3) is 32.4 Å². The van der Waals surface area contributed by atoms with E-state index in [-0.39, 0.29) is 68.9 Å². The van der Waals surface area contributed by atoms with Crippen LogP contribution >= 0.6 is 11.3 Å². The molecule has 2 N–H and O–H groups in total. The van der Waals surface area contributed by atoms with Gasteiger partial charge in [0.05, 0.1) is 52.5 Å². The number of ether oxygens (including phenoxy) is 1. The van der Waals surface area contributed by atoms with Crippen molar-refractivity contribution < 1.29 is 17.9 Å². The lowest BCUT2D eigenvalue weighted by molar-refractivity contribution is 0.107. The first-order valence-electron chi connectivity index (χ1n) is 15.4. The van der Waals surface area contributed by atoms with Crippen molar-refractivity contribution in [3.8, 4) is 23.3 Å². The molecule has 2 saturated heterocycles. The van der Waals surface area contributed by atoms with E-state index in [4.69, 9.17) is 15.5 Å². The lowest BCUT2D eigenvalue weighted by atomic mass is 9.95. The molecule has 47 heavy (non-hydrogen) atoms. The lowest BCUT2D eigenvalue weighted by Gasteiger charge is -2.32. The Morgan fingerprint density at radius 2 is 2.04 bits per heavy atom. The van der Waals surface area contributed by atoms with Crippen molar-refractivity contribution in [3.63, 3.8) is 0 Å². The Hall–Kier alpha value is -4.75. The topological polar surface area (TPSA) is 144 Å². The second-order valence-corrected chi connectivity index (χ2v) is 13.3. The summed E-state index contributed by atoms with van der Waals surface area (Å²) in [6.45, 7) is 2.39. The van der Waals surface area contributed by atoms with E-state index < -0.39 is 28.9 Å². The minimum absolute atomic E-state index is 0.0749. The van der Waals surface area contributed by atoms with Crippen molar-refractivity contribution in [1.29, 1.82) is 5.26 Å². The summed E-state index contributed by atoms with van der Waals surface area (Å²) in [7, 11) is 0. The maximum atomic E-state index is 17.2. The second kappa shape index (κ2) is 11.2. The van der Waals surface area contributed by atoms with Gasteiger partial charge >= 0.3 is 6.01 Å². The van der Waals surface area contributed by atoms with E-state index in [0.717, 1.165) is 36.4 Å². The number of imidazole rings is 1. The predicted molar refractivity (Wildman–Crippen MR) is 169 cm³/mol. The number of halogens is 3. The summed E-state index contributed by atoms with van der Waals surface area (Å²) in [5.41, 5.74) is 5.41. The second-order valence-electron chi connectivity index (χ2n) is 12.3. The van der Waals surface area contributed by atoms with E-state index >= 15 is 4.39 Å². The van der Waals surface area contributed by atoms with Crippen molar-refractivity contribution in [2.75, 3.05) is 36.9 Å². The summed E-state index contributed by atoms with van der Waals surface area (Å²) in [6, 6.07) is 4.39. The van der Waals surface area contributed by atoms with Gasteiger partial charge in [0.2, 0.25) is 0 Å². The van der Waals surface area contributed by atoms with Crippen molar-refractivity contribution in [1.82, 2.24) is 34.0 Å². The molecule has 0 aliphatic carbocycles. The maximum Gasteiger partial charge on any atom is 0.319 e. The highest BCUT2D eigenvalue weighted by atomic mass is 32.1. The summed E-state index contributed by atoms with van der Waals surface area (Å²) in [4.78, 5) is 36.1. The molecule has 3 aliphatic heterocycles. The molecule has 242 valence electrons. The number of nitrogens with zero attached hydrogens (tertiary/aromatic N) is 9. The van der Waals surface area contributed by atoms with Crippen LogP contribution in [0.4, 0.5) is 24.1 Å². The Balaban J connectivity index is 1.34. The van der Waals surface area contributed by atoms with Gasteiger partial charge in [0.1, 0.15) is 35.3 Å². The number of hydrogen-bond donors (Lipinski definition) is 1. The van der Waals surface area contributed by atoms with Gasteiger partial charge in [0.15, 0.2) is 10.9 Å². The van der Waals surface area contributed by atoms with Crippen LogP contribution in [-0.4, -0.2) is 71.9 Å². The third-order valence-corrected chi connectivity index (χ3v) is 10.4. The van der Waals surface area contributed by atoms with E-state index in [1.54, 1.807) is 12.5 Å². The molecule has 4 aromatic heterocycles. The van der Waals surface area contributed by atoms with Gasteiger partial charge in [0.25, 0.3) is 5.56 Å². The standard InChI is InChI=1S/C31H29F3N10O2S/c32-17-11-31(5-1-7-43(31)13-17)15-46-30-39-24-21(27(40-30)41-9-10-42-16-37-12-18(42)14-41)28(45)44(8-2-6-35)25(22(24)34)19-3-4-20(33)26-23(19)38-29(36)47-26/h3-4,12,16-17H,1-2,5,7-11,13-15H2,(H2,36,38)/t17-,31+/m1/s1. The van der Waals surface area contributed by atoms with Crippen LogP contribution in [0.1, 0.15) is 31.4 Å². The highest BCUT2D eigenvalue weighted by molar-refractivity contribution is 7.22. The van der Waals surface area contributed by atoms with Gasteiger partial charge in [-0.15, -0.1) is 0 Å². The molecule has 1 aromatic carbocycles. The van der Waals surface area contributed by atoms with Crippen molar-refractivity contribution in [3.05, 3.63) is 52.3 Å². The maximum absolute atomic E-state index is 17.2. The van der Waals surface area contributed by atoms with Gasteiger partial charge in [-0.3, -0.25) is 9.69 Å². The molecule has 0 radical (unpaired) electrons. The van der Waals surface area contributed by atoms with Gasteiger partial charge < -0.3 is 24.5 Å². The molecule has 0 spiro atoms. The molecule has 0 bridgehead atoms. The zero-order valence-electron chi connectivity index (χ0n) is 25.1. The fourth-order valence-corrected chi connectivity index (χ4v) is 8.14. The monoisotopic (exact) mass is 662 g/mol. The summed E-state index contributed by atoms with van der Waals surface area (Å²) in [5, 5.41) is 9.45. The van der Waals surface area contributed by atoms with Crippen molar-refractivity contribution >= 4 is 43.4 Å². The summed E-state index contributed by atoms with van der Waals surface area (Å²) in [6.07, 6.45) is 4.36. The number of hydrogen-bond acceptors (Lipinski definition) is 11. The fraction of sp³-hybridized carbons (Fsp3) is 0.419. The number of rotatable bonds is 7. The number of aromatic nitrogens is 6. The van der Waals surface area contributed by atoms with Crippen LogP contribution in [0.2, 0.25) is 0 Å². The first-order chi connectivity index (χ1) is 22.8. The normalized spacial score (nSPS) is 21.0. The van der Waals surface area contributed by atoms with E-state index in [0.29, 0.717) is 32.6 Å². The van der Waals surface area contributed by atoms with E-state index in [1.165, 1.54) is 16.7 Å². The fourth-order valence-electron chi connectivity index (χ4n) is 7.38. The number of pyridine rings is 1. The molecular weight excluding hydrogens is 633 g/mol. The van der Waals surface area contributed by atoms with Gasteiger partial charge in [-0.2, -0.15) is 15.2 Å². The number of nitriles is 1. The molecule has 16 heteroatoms. The quantitative estimate of drug-likeness (QED) is 0.272.